The molecule has 1 amide bonds. The number of alkyl carbamates (subject to hydrolysis) is 1. The highest BCUT2D eigenvalue weighted by Crippen LogP contribution is 2.10. The van der Waals surface area contributed by atoms with Gasteiger partial charge in [0.2, 0.25) is 0 Å². The Morgan fingerprint density at radius 3 is 2.04 bits per heavy atom. The van der Waals surface area contributed by atoms with Gasteiger partial charge in [-0.1, -0.05) is 13.3 Å². The zero-order chi connectivity index (χ0) is 21.6. The number of carbonyl (C=O) groups excluding carboxylic acids is 2. The van der Waals surface area contributed by atoms with Crippen molar-refractivity contribution in [2.45, 2.75) is 97.8 Å². The SMILES string of the molecule is CCCCOCCCC[C@H](COCC(=O)OC(C)(C)C)NC(=O)OC(C)(C)C. The van der Waals surface area contributed by atoms with Crippen LogP contribution in [-0.4, -0.2) is 55.7 Å². The normalized spacial score (nSPS) is 13.1. The highest BCUT2D eigenvalue weighted by Gasteiger charge is 2.21. The summed E-state index contributed by atoms with van der Waals surface area (Å²) in [4.78, 5) is 23.8. The Bertz CT molecular complexity index is 439. The minimum Gasteiger partial charge on any atom is -0.458 e. The zero-order valence-electron chi connectivity index (χ0n) is 18.9. The number of ether oxygens (including phenoxy) is 4. The quantitative estimate of drug-likeness (QED) is 0.366. The Morgan fingerprint density at radius 2 is 1.46 bits per heavy atom. The number of hydrogen-bond donors (Lipinski definition) is 1. The standard InChI is InChI=1S/C21H41NO6/c1-8-9-13-25-14-11-10-12-17(22-19(24)28-21(5,6)7)15-26-16-18(23)27-20(2,3)4/h17H,8-16H2,1-7H3,(H,22,24)/t17-/m1/s1. The molecule has 166 valence electrons. The van der Waals surface area contributed by atoms with Crippen LogP contribution in [0.4, 0.5) is 4.79 Å². The van der Waals surface area contributed by atoms with E-state index in [0.717, 1.165) is 32.3 Å². The third-order valence-electron chi connectivity index (χ3n) is 3.41. The van der Waals surface area contributed by atoms with Gasteiger partial charge >= 0.3 is 12.1 Å². The third kappa shape index (κ3) is 18.0. The average Bonchev–Trinajstić information content (AvgIpc) is 2.50. The number of esters is 1. The molecular weight excluding hydrogens is 362 g/mol. The predicted octanol–water partition coefficient (Wildman–Crippen LogP) is 4.23. The van der Waals surface area contributed by atoms with Crippen LogP contribution in [0.2, 0.25) is 0 Å². The average molecular weight is 404 g/mol. The number of unbranched alkanes of at least 4 members (excludes halogenated alkanes) is 2. The Hall–Kier alpha value is -1.34. The van der Waals surface area contributed by atoms with E-state index in [1.54, 1.807) is 20.8 Å². The van der Waals surface area contributed by atoms with Gasteiger partial charge in [0.1, 0.15) is 17.8 Å². The summed E-state index contributed by atoms with van der Waals surface area (Å²) in [5, 5.41) is 2.83. The Kier molecular flexibility index (Phi) is 13.1. The van der Waals surface area contributed by atoms with E-state index in [-0.39, 0.29) is 19.3 Å². The second-order valence-electron chi connectivity index (χ2n) is 8.91. The monoisotopic (exact) mass is 403 g/mol. The van der Waals surface area contributed by atoms with E-state index in [0.29, 0.717) is 13.0 Å². The lowest BCUT2D eigenvalue weighted by Crippen LogP contribution is -2.42. The summed E-state index contributed by atoms with van der Waals surface area (Å²) >= 11 is 0. The summed E-state index contributed by atoms with van der Waals surface area (Å²) in [6.07, 6.45) is 4.20. The van der Waals surface area contributed by atoms with Crippen molar-refractivity contribution in [3.63, 3.8) is 0 Å². The maximum Gasteiger partial charge on any atom is 0.407 e. The minimum absolute atomic E-state index is 0.149. The van der Waals surface area contributed by atoms with Gasteiger partial charge in [-0.25, -0.2) is 9.59 Å². The van der Waals surface area contributed by atoms with Crippen LogP contribution < -0.4 is 5.32 Å². The van der Waals surface area contributed by atoms with Crippen molar-refractivity contribution in [2.24, 2.45) is 0 Å². The van der Waals surface area contributed by atoms with Gasteiger partial charge in [-0.05, 0) is 67.2 Å². The van der Waals surface area contributed by atoms with E-state index < -0.39 is 23.3 Å². The molecule has 1 N–H and O–H groups in total. The molecule has 0 aromatic carbocycles. The summed E-state index contributed by atoms with van der Waals surface area (Å²) in [5.41, 5.74) is -1.12. The maximum atomic E-state index is 12.1. The van der Waals surface area contributed by atoms with Gasteiger partial charge in [0.25, 0.3) is 0 Å². The van der Waals surface area contributed by atoms with E-state index in [4.69, 9.17) is 18.9 Å². The smallest absolute Gasteiger partial charge is 0.407 e. The first-order chi connectivity index (χ1) is 12.9. The first-order valence-corrected chi connectivity index (χ1v) is 10.3. The molecule has 0 rings (SSSR count). The van der Waals surface area contributed by atoms with E-state index >= 15 is 0 Å². The molecular formula is C21H41NO6. The van der Waals surface area contributed by atoms with Gasteiger partial charge in [-0.15, -0.1) is 0 Å². The number of nitrogens with one attached hydrogen (secondary N) is 1. The van der Waals surface area contributed by atoms with E-state index in [1.807, 2.05) is 20.8 Å². The Morgan fingerprint density at radius 1 is 0.857 bits per heavy atom. The van der Waals surface area contributed by atoms with Crippen LogP contribution in [0.15, 0.2) is 0 Å². The number of amides is 1. The molecule has 28 heavy (non-hydrogen) atoms. The number of carbonyl (C=O) groups is 2. The third-order valence-corrected chi connectivity index (χ3v) is 3.41. The molecule has 0 aromatic heterocycles. The van der Waals surface area contributed by atoms with Crippen LogP contribution in [0.1, 0.15) is 80.6 Å². The van der Waals surface area contributed by atoms with Crippen LogP contribution in [0.5, 0.6) is 0 Å². The molecule has 1 atom stereocenters. The van der Waals surface area contributed by atoms with Crippen LogP contribution in [0, 0.1) is 0 Å². The molecule has 0 unspecified atom stereocenters. The number of hydrogen-bond acceptors (Lipinski definition) is 6. The number of rotatable bonds is 13. The van der Waals surface area contributed by atoms with Gasteiger partial charge in [-0.3, -0.25) is 0 Å². The summed E-state index contributed by atoms with van der Waals surface area (Å²) < 4.78 is 21.6. The molecule has 0 fully saturated rings. The molecule has 7 heteroatoms. The van der Waals surface area contributed by atoms with E-state index in [9.17, 15) is 9.59 Å². The fraction of sp³-hybridized carbons (Fsp3) is 0.905. The van der Waals surface area contributed by atoms with Crippen LogP contribution in [0.3, 0.4) is 0 Å². The highest BCUT2D eigenvalue weighted by molar-refractivity contribution is 5.71. The van der Waals surface area contributed by atoms with Crippen LogP contribution in [0.25, 0.3) is 0 Å². The maximum absolute atomic E-state index is 12.1. The van der Waals surface area contributed by atoms with E-state index in [2.05, 4.69) is 12.2 Å². The van der Waals surface area contributed by atoms with Crippen molar-refractivity contribution in [3.05, 3.63) is 0 Å². The lowest BCUT2D eigenvalue weighted by atomic mass is 10.1. The van der Waals surface area contributed by atoms with Gasteiger partial charge in [0.05, 0.1) is 12.6 Å². The molecule has 0 radical (unpaired) electrons. The zero-order valence-corrected chi connectivity index (χ0v) is 18.9. The van der Waals surface area contributed by atoms with Crippen molar-refractivity contribution in [3.8, 4) is 0 Å². The lowest BCUT2D eigenvalue weighted by Gasteiger charge is -2.24. The van der Waals surface area contributed by atoms with Crippen molar-refractivity contribution >= 4 is 12.1 Å². The predicted molar refractivity (Wildman–Crippen MR) is 109 cm³/mol. The lowest BCUT2D eigenvalue weighted by molar-refractivity contribution is -0.160. The molecule has 0 saturated heterocycles. The Labute approximate surface area is 170 Å². The summed E-state index contributed by atoms with van der Waals surface area (Å²) in [5.74, 6) is -0.423. The molecule has 0 aromatic rings. The molecule has 0 aliphatic heterocycles. The van der Waals surface area contributed by atoms with Gasteiger partial charge < -0.3 is 24.3 Å². The molecule has 0 aliphatic rings. The summed E-state index contributed by atoms with van der Waals surface area (Å²) in [6, 6.07) is -0.243. The largest absolute Gasteiger partial charge is 0.458 e. The molecule has 7 nitrogen and oxygen atoms in total. The fourth-order valence-corrected chi connectivity index (χ4v) is 2.27. The summed E-state index contributed by atoms with van der Waals surface area (Å²) in [6.45, 7) is 14.6. The van der Waals surface area contributed by atoms with E-state index in [1.165, 1.54) is 0 Å². The van der Waals surface area contributed by atoms with Gasteiger partial charge in [-0.2, -0.15) is 0 Å². The first kappa shape index (κ1) is 26.7. The van der Waals surface area contributed by atoms with Crippen molar-refractivity contribution in [1.29, 1.82) is 0 Å². The highest BCUT2D eigenvalue weighted by atomic mass is 16.6. The fourth-order valence-electron chi connectivity index (χ4n) is 2.27. The second kappa shape index (κ2) is 13.8. The molecule has 0 aliphatic carbocycles. The first-order valence-electron chi connectivity index (χ1n) is 10.3. The van der Waals surface area contributed by atoms with Crippen molar-refractivity contribution in [2.75, 3.05) is 26.4 Å². The Balaban J connectivity index is 4.35. The van der Waals surface area contributed by atoms with Crippen LogP contribution in [-0.2, 0) is 23.7 Å². The molecule has 0 saturated carbocycles. The van der Waals surface area contributed by atoms with Gasteiger partial charge in [0, 0.05) is 13.2 Å². The topological polar surface area (TPSA) is 83.1 Å². The minimum atomic E-state index is -0.570. The second-order valence-corrected chi connectivity index (χ2v) is 8.91. The molecule has 0 bridgehead atoms. The van der Waals surface area contributed by atoms with Crippen LogP contribution >= 0.6 is 0 Å². The van der Waals surface area contributed by atoms with Crippen molar-refractivity contribution in [1.82, 2.24) is 5.32 Å². The van der Waals surface area contributed by atoms with Crippen molar-refractivity contribution < 1.29 is 28.5 Å². The van der Waals surface area contributed by atoms with Gasteiger partial charge in [0.15, 0.2) is 0 Å². The molecule has 0 spiro atoms. The molecule has 0 heterocycles. The summed E-state index contributed by atoms with van der Waals surface area (Å²) in [7, 11) is 0.